The molecule has 0 spiro atoms. The minimum Gasteiger partial charge on any atom is -0.352 e. The fourth-order valence-corrected chi connectivity index (χ4v) is 4.79. The summed E-state index contributed by atoms with van der Waals surface area (Å²) in [6.45, 7) is 4.95. The third kappa shape index (κ3) is 4.39. The lowest BCUT2D eigenvalue weighted by molar-refractivity contribution is -0.126. The molecule has 3 rings (SSSR count). The Labute approximate surface area is 160 Å². The van der Waals surface area contributed by atoms with Crippen molar-refractivity contribution in [3.63, 3.8) is 0 Å². The van der Waals surface area contributed by atoms with E-state index in [1.54, 1.807) is 18.5 Å². The van der Waals surface area contributed by atoms with E-state index in [0.717, 1.165) is 11.1 Å². The van der Waals surface area contributed by atoms with Gasteiger partial charge >= 0.3 is 0 Å². The van der Waals surface area contributed by atoms with Gasteiger partial charge in [0.2, 0.25) is 5.91 Å². The van der Waals surface area contributed by atoms with Gasteiger partial charge in [0.25, 0.3) is 10.0 Å². The van der Waals surface area contributed by atoms with Crippen molar-refractivity contribution >= 4 is 15.9 Å². The predicted octanol–water partition coefficient (Wildman–Crippen LogP) is 1.75. The van der Waals surface area contributed by atoms with Crippen LogP contribution in [0.4, 0.5) is 0 Å². The number of benzene rings is 1. The fourth-order valence-electron chi connectivity index (χ4n) is 3.30. The van der Waals surface area contributed by atoms with Gasteiger partial charge in [0.15, 0.2) is 5.03 Å². The Kier molecular flexibility index (Phi) is 5.67. The number of amides is 1. The number of piperidine rings is 1. The zero-order valence-corrected chi connectivity index (χ0v) is 16.8. The summed E-state index contributed by atoms with van der Waals surface area (Å²) in [4.78, 5) is 16.6. The number of imidazole rings is 1. The van der Waals surface area contributed by atoms with E-state index in [9.17, 15) is 13.2 Å². The molecule has 1 saturated heterocycles. The number of hydrogen-bond donors (Lipinski definition) is 1. The highest BCUT2D eigenvalue weighted by Crippen LogP contribution is 2.23. The van der Waals surface area contributed by atoms with Crippen LogP contribution in [0.3, 0.4) is 0 Å². The van der Waals surface area contributed by atoms with Crippen LogP contribution in [0, 0.1) is 19.8 Å². The molecule has 0 unspecified atom stereocenters. The Hall–Kier alpha value is -2.19. The summed E-state index contributed by atoms with van der Waals surface area (Å²) in [6, 6.07) is 8.02. The standard InChI is InChI=1S/C19H26N4O3S/c1-14-5-4-6-16(11-14)12-20-19(24)17-7-9-23(10-8-17)27(25,26)18-13-22(3)15(2)21-18/h4-6,11,13,17H,7-10,12H2,1-3H3,(H,20,24). The van der Waals surface area contributed by atoms with Gasteiger partial charge < -0.3 is 9.88 Å². The largest absolute Gasteiger partial charge is 0.352 e. The van der Waals surface area contributed by atoms with E-state index < -0.39 is 10.0 Å². The SMILES string of the molecule is Cc1cccc(CNC(=O)C2CCN(S(=O)(=O)c3cn(C)c(C)n3)CC2)c1. The van der Waals surface area contributed by atoms with Crippen molar-refractivity contribution in [2.45, 2.75) is 38.3 Å². The summed E-state index contributed by atoms with van der Waals surface area (Å²) in [6.07, 6.45) is 2.57. The topological polar surface area (TPSA) is 84.3 Å². The summed E-state index contributed by atoms with van der Waals surface area (Å²) in [5.41, 5.74) is 2.22. The first-order valence-electron chi connectivity index (χ1n) is 9.11. The normalized spacial score (nSPS) is 16.4. The minimum absolute atomic E-state index is 0.0118. The lowest BCUT2D eigenvalue weighted by Crippen LogP contribution is -2.43. The Balaban J connectivity index is 1.55. The Morgan fingerprint density at radius 3 is 2.56 bits per heavy atom. The average Bonchev–Trinajstić information content (AvgIpc) is 2.99. The third-order valence-electron chi connectivity index (χ3n) is 5.06. The number of aromatic nitrogens is 2. The molecular formula is C19H26N4O3S. The van der Waals surface area contributed by atoms with Gasteiger partial charge in [-0.1, -0.05) is 29.8 Å². The molecular weight excluding hydrogens is 364 g/mol. The molecule has 2 heterocycles. The second-order valence-electron chi connectivity index (χ2n) is 7.12. The predicted molar refractivity (Wildman–Crippen MR) is 102 cm³/mol. The summed E-state index contributed by atoms with van der Waals surface area (Å²) in [5, 5.41) is 3.04. The van der Waals surface area contributed by atoms with E-state index in [0.29, 0.717) is 38.3 Å². The number of carbonyl (C=O) groups excluding carboxylic acids is 1. The molecule has 7 nitrogen and oxygen atoms in total. The lowest BCUT2D eigenvalue weighted by Gasteiger charge is -2.29. The van der Waals surface area contributed by atoms with Crippen molar-refractivity contribution in [2.24, 2.45) is 13.0 Å². The third-order valence-corrected chi connectivity index (χ3v) is 6.83. The van der Waals surface area contributed by atoms with Gasteiger partial charge in [-0.2, -0.15) is 4.31 Å². The molecule has 0 aliphatic carbocycles. The molecule has 1 N–H and O–H groups in total. The number of nitrogens with one attached hydrogen (secondary N) is 1. The van der Waals surface area contributed by atoms with Gasteiger partial charge in [0, 0.05) is 38.8 Å². The average molecular weight is 391 g/mol. The number of hydrogen-bond acceptors (Lipinski definition) is 4. The van der Waals surface area contributed by atoms with Crippen LogP contribution in [0.15, 0.2) is 35.5 Å². The highest BCUT2D eigenvalue weighted by molar-refractivity contribution is 7.89. The summed E-state index contributed by atoms with van der Waals surface area (Å²) >= 11 is 0. The molecule has 146 valence electrons. The summed E-state index contributed by atoms with van der Waals surface area (Å²) < 4.78 is 28.6. The van der Waals surface area contributed by atoms with Crippen LogP contribution >= 0.6 is 0 Å². The maximum atomic E-state index is 12.7. The van der Waals surface area contributed by atoms with Crippen molar-refractivity contribution < 1.29 is 13.2 Å². The first-order valence-corrected chi connectivity index (χ1v) is 10.5. The van der Waals surface area contributed by atoms with Gasteiger partial charge in [-0.05, 0) is 32.3 Å². The van der Waals surface area contributed by atoms with Crippen molar-refractivity contribution in [1.82, 2.24) is 19.2 Å². The molecule has 1 amide bonds. The molecule has 1 aromatic heterocycles. The molecule has 0 atom stereocenters. The van der Waals surface area contributed by atoms with Crippen LogP contribution < -0.4 is 5.32 Å². The molecule has 27 heavy (non-hydrogen) atoms. The van der Waals surface area contributed by atoms with Crippen molar-refractivity contribution in [1.29, 1.82) is 0 Å². The van der Waals surface area contributed by atoms with Crippen LogP contribution in [0.1, 0.15) is 29.8 Å². The number of aryl methyl sites for hydroxylation is 3. The molecule has 1 aliphatic heterocycles. The summed E-state index contributed by atoms with van der Waals surface area (Å²) in [7, 11) is -1.83. The Morgan fingerprint density at radius 1 is 1.26 bits per heavy atom. The van der Waals surface area contributed by atoms with E-state index in [1.807, 2.05) is 31.2 Å². The van der Waals surface area contributed by atoms with E-state index >= 15 is 0 Å². The molecule has 1 aromatic carbocycles. The van der Waals surface area contributed by atoms with E-state index in [4.69, 9.17) is 0 Å². The molecule has 2 aromatic rings. The Bertz CT molecular complexity index is 909. The lowest BCUT2D eigenvalue weighted by atomic mass is 9.97. The number of sulfonamides is 1. The van der Waals surface area contributed by atoms with Crippen LogP contribution in [0.2, 0.25) is 0 Å². The quantitative estimate of drug-likeness (QED) is 0.843. The molecule has 1 fully saturated rings. The van der Waals surface area contributed by atoms with Crippen LogP contribution in [-0.2, 0) is 28.4 Å². The summed E-state index contributed by atoms with van der Waals surface area (Å²) in [5.74, 6) is 0.480. The number of carbonyl (C=O) groups is 1. The highest BCUT2D eigenvalue weighted by atomic mass is 32.2. The molecule has 0 saturated carbocycles. The first kappa shape index (κ1) is 19.6. The zero-order chi connectivity index (χ0) is 19.6. The zero-order valence-electron chi connectivity index (χ0n) is 16.0. The van der Waals surface area contributed by atoms with Gasteiger partial charge in [-0.25, -0.2) is 13.4 Å². The minimum atomic E-state index is -3.60. The van der Waals surface area contributed by atoms with E-state index in [-0.39, 0.29) is 16.9 Å². The van der Waals surface area contributed by atoms with Gasteiger partial charge in [-0.3, -0.25) is 4.79 Å². The smallest absolute Gasteiger partial charge is 0.262 e. The van der Waals surface area contributed by atoms with Crippen LogP contribution in [0.5, 0.6) is 0 Å². The molecule has 0 radical (unpaired) electrons. The molecule has 0 bridgehead atoms. The van der Waals surface area contributed by atoms with Gasteiger partial charge in [-0.15, -0.1) is 0 Å². The monoisotopic (exact) mass is 390 g/mol. The van der Waals surface area contributed by atoms with Crippen molar-refractivity contribution in [3.8, 4) is 0 Å². The van der Waals surface area contributed by atoms with Crippen molar-refractivity contribution in [3.05, 3.63) is 47.4 Å². The van der Waals surface area contributed by atoms with Crippen LogP contribution in [-0.4, -0.2) is 41.3 Å². The first-order chi connectivity index (χ1) is 12.8. The number of rotatable bonds is 5. The maximum Gasteiger partial charge on any atom is 0.262 e. The fraction of sp³-hybridized carbons (Fsp3) is 0.474. The molecule has 8 heteroatoms. The van der Waals surface area contributed by atoms with Gasteiger partial charge in [0.05, 0.1) is 0 Å². The number of nitrogens with zero attached hydrogens (tertiary/aromatic N) is 3. The molecule has 1 aliphatic rings. The Morgan fingerprint density at radius 2 is 1.96 bits per heavy atom. The highest BCUT2D eigenvalue weighted by Gasteiger charge is 2.33. The van der Waals surface area contributed by atoms with E-state index in [1.165, 1.54) is 10.5 Å². The van der Waals surface area contributed by atoms with Gasteiger partial charge in [0.1, 0.15) is 5.82 Å². The second kappa shape index (κ2) is 7.82. The van der Waals surface area contributed by atoms with Crippen LogP contribution in [0.25, 0.3) is 0 Å². The van der Waals surface area contributed by atoms with Crippen molar-refractivity contribution in [2.75, 3.05) is 13.1 Å². The van der Waals surface area contributed by atoms with E-state index in [2.05, 4.69) is 10.3 Å². The maximum absolute atomic E-state index is 12.7. The second-order valence-corrected chi connectivity index (χ2v) is 9.01.